The first-order valence-electron chi connectivity index (χ1n) is 6.56. The summed E-state index contributed by atoms with van der Waals surface area (Å²) in [5.41, 5.74) is 1.66. The largest absolute Gasteiger partial charge is 0.303 e. The van der Waals surface area contributed by atoms with Gasteiger partial charge in [0.2, 0.25) is 11.8 Å². The van der Waals surface area contributed by atoms with Crippen LogP contribution in [-0.2, 0) is 20.8 Å². The minimum atomic E-state index is -0.178. The summed E-state index contributed by atoms with van der Waals surface area (Å²) in [5.74, 6) is -0.409. The van der Waals surface area contributed by atoms with Crippen molar-refractivity contribution in [2.75, 3.05) is 4.90 Å². The van der Waals surface area contributed by atoms with E-state index in [2.05, 4.69) is 0 Å². The van der Waals surface area contributed by atoms with E-state index in [1.165, 1.54) is 4.90 Å². The Morgan fingerprint density at radius 3 is 2.47 bits per heavy atom. The van der Waals surface area contributed by atoms with Crippen LogP contribution in [0.25, 0.3) is 0 Å². The van der Waals surface area contributed by atoms with E-state index >= 15 is 0 Å². The highest BCUT2D eigenvalue weighted by Crippen LogP contribution is 2.28. The number of benzene rings is 1. The summed E-state index contributed by atoms with van der Waals surface area (Å²) in [6.07, 6.45) is 3.05. The maximum atomic E-state index is 12.1. The Hall–Kier alpha value is -1.97. The van der Waals surface area contributed by atoms with E-state index in [1.54, 1.807) is 12.1 Å². The van der Waals surface area contributed by atoms with E-state index in [4.69, 9.17) is 0 Å². The summed E-state index contributed by atoms with van der Waals surface area (Å²) in [7, 11) is 0. The molecule has 2 rings (SSSR count). The molecule has 0 radical (unpaired) electrons. The molecule has 0 bridgehead atoms. The molecule has 4 nitrogen and oxygen atoms in total. The maximum absolute atomic E-state index is 12.1. The Morgan fingerprint density at radius 1 is 1.26 bits per heavy atom. The van der Waals surface area contributed by atoms with Crippen LogP contribution >= 0.6 is 0 Å². The van der Waals surface area contributed by atoms with Gasteiger partial charge in [-0.1, -0.05) is 19.1 Å². The summed E-state index contributed by atoms with van der Waals surface area (Å²) in [5, 5.41) is 0. The van der Waals surface area contributed by atoms with E-state index in [0.717, 1.165) is 11.8 Å². The number of aldehydes is 1. The summed E-state index contributed by atoms with van der Waals surface area (Å²) >= 11 is 0. The molecule has 2 amide bonds. The Morgan fingerprint density at radius 2 is 1.95 bits per heavy atom. The van der Waals surface area contributed by atoms with E-state index in [9.17, 15) is 14.4 Å². The highest BCUT2D eigenvalue weighted by molar-refractivity contribution is 6.20. The first-order valence-corrected chi connectivity index (χ1v) is 6.56. The first kappa shape index (κ1) is 13.5. The minimum Gasteiger partial charge on any atom is -0.303 e. The molecule has 0 aliphatic carbocycles. The fourth-order valence-electron chi connectivity index (χ4n) is 2.32. The Kier molecular flexibility index (Phi) is 4.10. The number of carbonyl (C=O) groups is 3. The van der Waals surface area contributed by atoms with Crippen molar-refractivity contribution in [3.8, 4) is 0 Å². The standard InChI is InChI=1S/C15H17NO3/c1-2-12-10-14(18)16(15(12)19)13-7-5-11(6-8-13)4-3-9-17/h5-9,12H,2-4,10H2,1H3. The molecule has 1 atom stereocenters. The second-order valence-electron chi connectivity index (χ2n) is 4.75. The first-order chi connectivity index (χ1) is 9.17. The average molecular weight is 259 g/mol. The lowest BCUT2D eigenvalue weighted by atomic mass is 10.1. The average Bonchev–Trinajstić information content (AvgIpc) is 2.72. The van der Waals surface area contributed by atoms with Crippen molar-refractivity contribution in [1.29, 1.82) is 0 Å². The van der Waals surface area contributed by atoms with Crippen molar-refractivity contribution in [3.05, 3.63) is 29.8 Å². The molecule has 0 aromatic heterocycles. The van der Waals surface area contributed by atoms with Crippen LogP contribution in [0.5, 0.6) is 0 Å². The lowest BCUT2D eigenvalue weighted by Gasteiger charge is -2.15. The molecule has 100 valence electrons. The van der Waals surface area contributed by atoms with Crippen molar-refractivity contribution in [3.63, 3.8) is 0 Å². The number of aryl methyl sites for hydroxylation is 1. The van der Waals surface area contributed by atoms with Gasteiger partial charge in [0.15, 0.2) is 0 Å². The Labute approximate surface area is 112 Å². The molecule has 1 fully saturated rings. The second kappa shape index (κ2) is 5.78. The molecule has 1 aliphatic rings. The molecule has 1 aromatic rings. The molecule has 1 aliphatic heterocycles. The lowest BCUT2D eigenvalue weighted by molar-refractivity contribution is -0.122. The van der Waals surface area contributed by atoms with Crippen molar-refractivity contribution >= 4 is 23.8 Å². The minimum absolute atomic E-state index is 0.104. The van der Waals surface area contributed by atoms with Gasteiger partial charge in [-0.15, -0.1) is 0 Å². The molecule has 19 heavy (non-hydrogen) atoms. The third-order valence-corrected chi connectivity index (χ3v) is 3.48. The van der Waals surface area contributed by atoms with E-state index in [0.29, 0.717) is 31.4 Å². The lowest BCUT2D eigenvalue weighted by Crippen LogP contribution is -2.30. The number of carbonyl (C=O) groups excluding carboxylic acids is 3. The molecule has 1 saturated heterocycles. The Balaban J connectivity index is 2.16. The fourth-order valence-corrected chi connectivity index (χ4v) is 2.32. The summed E-state index contributed by atoms with van der Waals surface area (Å²) in [6, 6.07) is 7.26. The zero-order valence-corrected chi connectivity index (χ0v) is 11.0. The van der Waals surface area contributed by atoms with Gasteiger partial charge in [-0.3, -0.25) is 14.5 Å². The molecule has 1 unspecified atom stereocenters. The number of anilines is 1. The van der Waals surface area contributed by atoms with Crippen LogP contribution in [0.2, 0.25) is 0 Å². The topological polar surface area (TPSA) is 54.5 Å². The third-order valence-electron chi connectivity index (χ3n) is 3.48. The van der Waals surface area contributed by atoms with Gasteiger partial charge in [0.25, 0.3) is 0 Å². The number of rotatable bonds is 5. The molecular formula is C15H17NO3. The number of hydrogen-bond donors (Lipinski definition) is 0. The van der Waals surface area contributed by atoms with Gasteiger partial charge in [0.1, 0.15) is 6.29 Å². The highest BCUT2D eigenvalue weighted by atomic mass is 16.2. The van der Waals surface area contributed by atoms with Gasteiger partial charge in [0, 0.05) is 18.8 Å². The molecule has 4 heteroatoms. The molecule has 0 N–H and O–H groups in total. The van der Waals surface area contributed by atoms with Crippen LogP contribution < -0.4 is 4.90 Å². The zero-order chi connectivity index (χ0) is 13.8. The summed E-state index contributed by atoms with van der Waals surface area (Å²) in [4.78, 5) is 35.5. The van der Waals surface area contributed by atoms with Crippen LogP contribution in [0.4, 0.5) is 5.69 Å². The smallest absolute Gasteiger partial charge is 0.237 e. The van der Waals surface area contributed by atoms with E-state index in [-0.39, 0.29) is 17.7 Å². The monoisotopic (exact) mass is 259 g/mol. The number of hydrogen-bond acceptors (Lipinski definition) is 3. The van der Waals surface area contributed by atoms with Gasteiger partial charge < -0.3 is 4.79 Å². The summed E-state index contributed by atoms with van der Waals surface area (Å²) < 4.78 is 0. The third kappa shape index (κ3) is 2.72. The van der Waals surface area contributed by atoms with Crippen LogP contribution in [0.3, 0.4) is 0 Å². The van der Waals surface area contributed by atoms with Crippen molar-refractivity contribution in [2.24, 2.45) is 5.92 Å². The highest BCUT2D eigenvalue weighted by Gasteiger charge is 2.38. The Bertz CT molecular complexity index is 493. The van der Waals surface area contributed by atoms with Crippen molar-refractivity contribution in [2.45, 2.75) is 32.6 Å². The molecule has 1 heterocycles. The molecule has 0 spiro atoms. The van der Waals surface area contributed by atoms with E-state index < -0.39 is 0 Å². The quantitative estimate of drug-likeness (QED) is 0.601. The van der Waals surface area contributed by atoms with Gasteiger partial charge in [-0.05, 0) is 30.5 Å². The van der Waals surface area contributed by atoms with E-state index in [1.807, 2.05) is 19.1 Å². The van der Waals surface area contributed by atoms with Crippen LogP contribution in [0.15, 0.2) is 24.3 Å². The van der Waals surface area contributed by atoms with Crippen LogP contribution in [0, 0.1) is 5.92 Å². The number of nitrogens with zero attached hydrogens (tertiary/aromatic N) is 1. The van der Waals surface area contributed by atoms with Crippen molar-refractivity contribution < 1.29 is 14.4 Å². The van der Waals surface area contributed by atoms with Gasteiger partial charge >= 0.3 is 0 Å². The predicted molar refractivity (Wildman–Crippen MR) is 71.7 cm³/mol. The molecule has 0 saturated carbocycles. The SMILES string of the molecule is CCC1CC(=O)N(c2ccc(CCC=O)cc2)C1=O. The molecule has 1 aromatic carbocycles. The maximum Gasteiger partial charge on any atom is 0.237 e. The normalized spacial score (nSPS) is 19.0. The van der Waals surface area contributed by atoms with Gasteiger partial charge in [-0.2, -0.15) is 0 Å². The number of amides is 2. The zero-order valence-electron chi connectivity index (χ0n) is 11.0. The number of imide groups is 1. The van der Waals surface area contributed by atoms with Crippen LogP contribution in [-0.4, -0.2) is 18.1 Å². The second-order valence-corrected chi connectivity index (χ2v) is 4.75. The van der Waals surface area contributed by atoms with Gasteiger partial charge in [0.05, 0.1) is 5.69 Å². The van der Waals surface area contributed by atoms with Crippen molar-refractivity contribution in [1.82, 2.24) is 0 Å². The summed E-state index contributed by atoms with van der Waals surface area (Å²) in [6.45, 7) is 1.92. The predicted octanol–water partition coefficient (Wildman–Crippen LogP) is 2.11. The van der Waals surface area contributed by atoms with Crippen LogP contribution in [0.1, 0.15) is 31.7 Å². The fraction of sp³-hybridized carbons (Fsp3) is 0.400. The molecular weight excluding hydrogens is 242 g/mol. The van der Waals surface area contributed by atoms with Gasteiger partial charge in [-0.25, -0.2) is 0 Å².